The van der Waals surface area contributed by atoms with Crippen molar-refractivity contribution in [1.82, 2.24) is 9.55 Å². The number of nitriles is 1. The van der Waals surface area contributed by atoms with E-state index >= 15 is 0 Å². The van der Waals surface area contributed by atoms with Gasteiger partial charge in [0.2, 0.25) is 5.91 Å². The van der Waals surface area contributed by atoms with Crippen molar-refractivity contribution in [3.8, 4) is 17.3 Å². The SMILES string of the molecule is CC1(c2nccs2)OCC(=O)Nc2ccc(-c3ccc(C#N)n3C(=O)O)cc21. The average Bonchev–Trinajstić information content (AvgIpc) is 3.34. The summed E-state index contributed by atoms with van der Waals surface area (Å²) < 4.78 is 6.86. The van der Waals surface area contributed by atoms with Gasteiger partial charge in [0.15, 0.2) is 0 Å². The van der Waals surface area contributed by atoms with Crippen molar-refractivity contribution in [2.24, 2.45) is 0 Å². The van der Waals surface area contributed by atoms with Gasteiger partial charge in [0, 0.05) is 22.8 Å². The summed E-state index contributed by atoms with van der Waals surface area (Å²) >= 11 is 1.40. The van der Waals surface area contributed by atoms with Crippen LogP contribution in [0.2, 0.25) is 0 Å². The minimum atomic E-state index is -1.25. The fourth-order valence-electron chi connectivity index (χ4n) is 3.27. The van der Waals surface area contributed by atoms with Crippen molar-refractivity contribution in [2.75, 3.05) is 11.9 Å². The van der Waals surface area contributed by atoms with E-state index in [2.05, 4.69) is 10.3 Å². The maximum absolute atomic E-state index is 12.1. The van der Waals surface area contributed by atoms with Gasteiger partial charge in [-0.15, -0.1) is 11.3 Å². The number of fused-ring (bicyclic) bond motifs is 1. The van der Waals surface area contributed by atoms with Gasteiger partial charge < -0.3 is 15.2 Å². The summed E-state index contributed by atoms with van der Waals surface area (Å²) in [6.07, 6.45) is 0.409. The molecule has 2 aromatic heterocycles. The molecule has 1 aliphatic heterocycles. The van der Waals surface area contributed by atoms with Gasteiger partial charge >= 0.3 is 6.09 Å². The second kappa shape index (κ2) is 6.60. The zero-order valence-electron chi connectivity index (χ0n) is 14.7. The summed E-state index contributed by atoms with van der Waals surface area (Å²) in [6.45, 7) is 1.69. The number of anilines is 1. The molecule has 28 heavy (non-hydrogen) atoms. The van der Waals surface area contributed by atoms with Gasteiger partial charge in [-0.1, -0.05) is 6.07 Å². The smallest absolute Gasteiger partial charge is 0.417 e. The standard InChI is InChI=1S/C19H14N4O4S/c1-19(17-21-6-7-28-17)13-8-11(2-4-14(13)22-16(24)10-27-19)15-5-3-12(9-20)23(15)18(25)26/h2-8H,10H2,1H3,(H,22,24)(H,25,26). The third-order valence-electron chi connectivity index (χ3n) is 4.62. The predicted molar refractivity (Wildman–Crippen MR) is 101 cm³/mol. The Bertz CT molecular complexity index is 1130. The first-order chi connectivity index (χ1) is 13.4. The van der Waals surface area contributed by atoms with Crippen LogP contribution in [0.25, 0.3) is 11.3 Å². The van der Waals surface area contributed by atoms with Gasteiger partial charge in [-0.3, -0.25) is 4.79 Å². The molecular formula is C19H14N4O4S. The van der Waals surface area contributed by atoms with Gasteiger partial charge in [0.05, 0.1) is 5.69 Å². The lowest BCUT2D eigenvalue weighted by molar-refractivity contribution is -0.124. The zero-order chi connectivity index (χ0) is 19.9. The van der Waals surface area contributed by atoms with Crippen LogP contribution in [0.3, 0.4) is 0 Å². The first kappa shape index (κ1) is 17.9. The number of amides is 1. The van der Waals surface area contributed by atoms with Crippen LogP contribution in [0.15, 0.2) is 41.9 Å². The van der Waals surface area contributed by atoms with Gasteiger partial charge in [-0.25, -0.2) is 14.3 Å². The summed E-state index contributed by atoms with van der Waals surface area (Å²) in [6, 6.07) is 10.1. The Kier molecular flexibility index (Phi) is 4.22. The molecule has 2 N–H and O–H groups in total. The van der Waals surface area contributed by atoms with E-state index < -0.39 is 11.7 Å². The lowest BCUT2D eigenvalue weighted by Gasteiger charge is -2.27. The molecule has 1 aliphatic rings. The molecule has 1 aromatic carbocycles. The van der Waals surface area contributed by atoms with Crippen molar-refractivity contribution in [3.63, 3.8) is 0 Å². The maximum Gasteiger partial charge on any atom is 0.417 e. The monoisotopic (exact) mass is 394 g/mol. The number of hydrogen-bond donors (Lipinski definition) is 2. The van der Waals surface area contributed by atoms with Crippen LogP contribution < -0.4 is 5.32 Å². The molecule has 9 heteroatoms. The molecule has 0 bridgehead atoms. The number of aromatic nitrogens is 2. The van der Waals surface area contributed by atoms with Crippen molar-refractivity contribution < 1.29 is 19.4 Å². The molecule has 1 unspecified atom stereocenters. The first-order valence-corrected chi connectivity index (χ1v) is 9.16. The molecule has 0 fully saturated rings. The molecule has 1 atom stereocenters. The van der Waals surface area contributed by atoms with Crippen molar-refractivity contribution in [2.45, 2.75) is 12.5 Å². The lowest BCUT2D eigenvalue weighted by Crippen LogP contribution is -2.28. The van der Waals surface area contributed by atoms with Gasteiger partial charge in [0.25, 0.3) is 0 Å². The van der Waals surface area contributed by atoms with E-state index in [1.807, 2.05) is 18.4 Å². The number of carboxylic acid groups (broad SMARTS) is 1. The van der Waals surface area contributed by atoms with Crippen molar-refractivity contribution in [3.05, 3.63) is 58.2 Å². The molecule has 4 rings (SSSR count). The number of rotatable bonds is 2. The van der Waals surface area contributed by atoms with Crippen LogP contribution in [-0.2, 0) is 15.1 Å². The van der Waals surface area contributed by atoms with E-state index in [4.69, 9.17) is 4.74 Å². The molecule has 3 heterocycles. The molecular weight excluding hydrogens is 380 g/mol. The van der Waals surface area contributed by atoms with Gasteiger partial charge in [-0.05, 0) is 36.8 Å². The van der Waals surface area contributed by atoms with Crippen LogP contribution in [0.5, 0.6) is 0 Å². The van der Waals surface area contributed by atoms with E-state index in [1.165, 1.54) is 17.4 Å². The summed E-state index contributed by atoms with van der Waals surface area (Å²) in [5.74, 6) is -0.282. The Morgan fingerprint density at radius 2 is 2.25 bits per heavy atom. The van der Waals surface area contributed by atoms with E-state index in [1.54, 1.807) is 30.5 Å². The molecule has 0 saturated carbocycles. The number of thiazole rings is 1. The second-order valence-electron chi connectivity index (χ2n) is 6.30. The highest BCUT2D eigenvalue weighted by atomic mass is 32.1. The van der Waals surface area contributed by atoms with Crippen LogP contribution >= 0.6 is 11.3 Å². The van der Waals surface area contributed by atoms with E-state index in [9.17, 15) is 20.0 Å². The number of nitrogens with zero attached hydrogens (tertiary/aromatic N) is 3. The van der Waals surface area contributed by atoms with Crippen LogP contribution in [0, 0.1) is 11.3 Å². The maximum atomic E-state index is 12.1. The van der Waals surface area contributed by atoms with Crippen molar-refractivity contribution in [1.29, 1.82) is 5.26 Å². The summed E-state index contributed by atoms with van der Waals surface area (Å²) in [5, 5.41) is 24.0. The number of hydrogen-bond acceptors (Lipinski definition) is 6. The summed E-state index contributed by atoms with van der Waals surface area (Å²) in [7, 11) is 0. The van der Waals surface area contributed by atoms with E-state index in [0.717, 1.165) is 4.57 Å². The highest BCUT2D eigenvalue weighted by Gasteiger charge is 2.38. The first-order valence-electron chi connectivity index (χ1n) is 8.28. The van der Waals surface area contributed by atoms with E-state index in [-0.39, 0.29) is 18.2 Å². The number of carbonyl (C=O) groups excluding carboxylic acids is 1. The fraction of sp³-hybridized carbons (Fsp3) is 0.158. The second-order valence-corrected chi connectivity index (χ2v) is 7.20. The topological polar surface area (TPSA) is 117 Å². The normalized spacial score (nSPS) is 18.6. The molecule has 0 radical (unpaired) electrons. The highest BCUT2D eigenvalue weighted by molar-refractivity contribution is 7.09. The summed E-state index contributed by atoms with van der Waals surface area (Å²) in [5.41, 5.74) is 1.18. The van der Waals surface area contributed by atoms with E-state index in [0.29, 0.717) is 27.5 Å². The Hall–Kier alpha value is -3.48. The quantitative estimate of drug-likeness (QED) is 0.689. The Morgan fingerprint density at radius 1 is 1.43 bits per heavy atom. The largest absolute Gasteiger partial charge is 0.464 e. The predicted octanol–water partition coefficient (Wildman–Crippen LogP) is 3.24. The number of nitrogens with one attached hydrogen (secondary N) is 1. The highest BCUT2D eigenvalue weighted by Crippen LogP contribution is 2.42. The number of carbonyl (C=O) groups is 2. The molecule has 8 nitrogen and oxygen atoms in total. The van der Waals surface area contributed by atoms with Crippen LogP contribution in [0.4, 0.5) is 10.5 Å². The molecule has 0 spiro atoms. The average molecular weight is 394 g/mol. The van der Waals surface area contributed by atoms with Gasteiger partial charge in [0.1, 0.15) is 29.0 Å². The molecule has 140 valence electrons. The third-order valence-corrected chi connectivity index (χ3v) is 5.60. The lowest BCUT2D eigenvalue weighted by atomic mass is 9.92. The fourth-order valence-corrected chi connectivity index (χ4v) is 4.04. The molecule has 0 saturated heterocycles. The van der Waals surface area contributed by atoms with Crippen molar-refractivity contribution >= 4 is 29.0 Å². The third kappa shape index (κ3) is 2.76. The molecule has 0 aliphatic carbocycles. The minimum absolute atomic E-state index is 0.0182. The van der Waals surface area contributed by atoms with Crippen LogP contribution in [0.1, 0.15) is 23.2 Å². The summed E-state index contributed by atoms with van der Waals surface area (Å²) in [4.78, 5) is 28.1. The Morgan fingerprint density at radius 3 is 2.93 bits per heavy atom. The Labute approximate surface area is 163 Å². The number of benzene rings is 1. The molecule has 3 aromatic rings. The van der Waals surface area contributed by atoms with Crippen LogP contribution in [-0.4, -0.2) is 33.3 Å². The minimum Gasteiger partial charge on any atom is -0.464 e. The molecule has 1 amide bonds. The zero-order valence-corrected chi connectivity index (χ0v) is 15.5. The van der Waals surface area contributed by atoms with Gasteiger partial charge in [-0.2, -0.15) is 5.26 Å². The number of ether oxygens (including phenoxy) is 1. The Balaban J connectivity index is 1.93.